The first-order chi connectivity index (χ1) is 10.6. The summed E-state index contributed by atoms with van der Waals surface area (Å²) in [5.41, 5.74) is 1.87. The molecule has 0 bridgehead atoms. The van der Waals surface area contributed by atoms with E-state index in [9.17, 15) is 9.90 Å². The highest BCUT2D eigenvalue weighted by molar-refractivity contribution is 8.01. The van der Waals surface area contributed by atoms with Crippen molar-refractivity contribution in [3.8, 4) is 0 Å². The van der Waals surface area contributed by atoms with Crippen molar-refractivity contribution < 1.29 is 9.90 Å². The third-order valence-electron chi connectivity index (χ3n) is 3.36. The second-order valence-electron chi connectivity index (χ2n) is 4.84. The zero-order valence-corrected chi connectivity index (χ0v) is 13.8. The van der Waals surface area contributed by atoms with Gasteiger partial charge >= 0.3 is 5.97 Å². The Morgan fingerprint density at radius 2 is 1.91 bits per heavy atom. The molecular weight excluding hydrogens is 338 g/mol. The molecule has 0 spiro atoms. The maximum atomic E-state index is 11.2. The Morgan fingerprint density at radius 1 is 1.23 bits per heavy atom. The predicted octanol–water partition coefficient (Wildman–Crippen LogP) is 4.41. The fourth-order valence-electron chi connectivity index (χ4n) is 2.36. The molecule has 0 saturated heterocycles. The molecule has 2 aromatic carbocycles. The van der Waals surface area contributed by atoms with Crippen LogP contribution in [-0.2, 0) is 4.79 Å². The number of carboxylic acid groups (broad SMARTS) is 1. The average Bonchev–Trinajstić information content (AvgIpc) is 2.50. The topological polar surface area (TPSA) is 40.5 Å². The monoisotopic (exact) mass is 349 g/mol. The van der Waals surface area contributed by atoms with E-state index in [0.717, 1.165) is 16.1 Å². The number of thioether (sulfide) groups is 1. The first-order valence-electron chi connectivity index (χ1n) is 6.60. The van der Waals surface area contributed by atoms with Crippen LogP contribution in [0.1, 0.15) is 10.8 Å². The number of thiocarbonyl (C=S) groups is 1. The van der Waals surface area contributed by atoms with Crippen molar-refractivity contribution >= 4 is 52.2 Å². The van der Waals surface area contributed by atoms with Crippen LogP contribution in [-0.4, -0.2) is 22.6 Å². The molecule has 0 aromatic heterocycles. The van der Waals surface area contributed by atoms with Gasteiger partial charge in [0.2, 0.25) is 0 Å². The van der Waals surface area contributed by atoms with Gasteiger partial charge in [-0.2, -0.15) is 0 Å². The highest BCUT2D eigenvalue weighted by atomic mass is 35.5. The minimum atomic E-state index is -0.904. The first kappa shape index (κ1) is 15.3. The van der Waals surface area contributed by atoms with E-state index >= 15 is 0 Å². The zero-order chi connectivity index (χ0) is 15.7. The number of hydrogen-bond acceptors (Lipinski definition) is 3. The van der Waals surface area contributed by atoms with Crippen molar-refractivity contribution in [2.24, 2.45) is 0 Å². The highest BCUT2D eigenvalue weighted by Gasteiger charge is 2.32. The molecule has 22 heavy (non-hydrogen) atoms. The van der Waals surface area contributed by atoms with Gasteiger partial charge in [-0.3, -0.25) is 4.79 Å². The van der Waals surface area contributed by atoms with Gasteiger partial charge in [0.1, 0.15) is 11.5 Å². The van der Waals surface area contributed by atoms with Gasteiger partial charge in [0, 0.05) is 9.92 Å². The first-order valence-corrected chi connectivity index (χ1v) is 8.27. The number of para-hydroxylation sites is 1. The fourth-order valence-corrected chi connectivity index (χ4v) is 4.16. The number of carboxylic acids is 1. The molecule has 1 aliphatic rings. The molecular formula is C16H12ClNO2S2. The lowest BCUT2D eigenvalue weighted by Gasteiger charge is -2.35. The lowest BCUT2D eigenvalue weighted by Crippen LogP contribution is -2.39. The number of carbonyl (C=O) groups is 1. The summed E-state index contributed by atoms with van der Waals surface area (Å²) in [5, 5.41) is 9.75. The van der Waals surface area contributed by atoms with Gasteiger partial charge in [-0.1, -0.05) is 48.1 Å². The van der Waals surface area contributed by atoms with Crippen LogP contribution in [0.2, 0.25) is 5.02 Å². The normalized spacial score (nSPS) is 17.2. The second kappa shape index (κ2) is 6.28. The molecule has 3 nitrogen and oxygen atoms in total. The van der Waals surface area contributed by atoms with Crippen molar-refractivity contribution in [2.45, 2.75) is 10.1 Å². The van der Waals surface area contributed by atoms with Gasteiger partial charge < -0.3 is 10.0 Å². The molecule has 1 aliphatic heterocycles. The highest BCUT2D eigenvalue weighted by Crippen LogP contribution is 2.47. The van der Waals surface area contributed by atoms with Gasteiger partial charge in [0.25, 0.3) is 0 Å². The Morgan fingerprint density at radius 3 is 2.59 bits per heavy atom. The van der Waals surface area contributed by atoms with E-state index < -0.39 is 5.97 Å². The number of hydrogen-bond donors (Lipinski definition) is 1. The van der Waals surface area contributed by atoms with Crippen molar-refractivity contribution in [1.82, 2.24) is 0 Å². The molecule has 0 amide bonds. The minimum absolute atomic E-state index is 0.0958. The molecule has 2 aromatic rings. The molecule has 0 radical (unpaired) electrons. The summed E-state index contributed by atoms with van der Waals surface area (Å²) in [7, 11) is 0. The Labute approximate surface area is 142 Å². The summed E-state index contributed by atoms with van der Waals surface area (Å²) < 4.78 is 0. The number of anilines is 1. The average molecular weight is 350 g/mol. The number of benzene rings is 2. The summed E-state index contributed by atoms with van der Waals surface area (Å²) in [6, 6.07) is 15.2. The van der Waals surface area contributed by atoms with Crippen LogP contribution in [0.4, 0.5) is 5.69 Å². The molecule has 3 rings (SSSR count). The summed E-state index contributed by atoms with van der Waals surface area (Å²) in [6.45, 7) is -0.138. The Balaban J connectivity index is 2.02. The largest absolute Gasteiger partial charge is 0.480 e. The Kier molecular flexibility index (Phi) is 4.38. The SMILES string of the molecule is O=C(O)CN1C(=S)C(c2ccc(Cl)cc2)Sc2ccccc21. The Bertz CT molecular complexity index is 733. The van der Waals surface area contributed by atoms with E-state index in [2.05, 4.69) is 0 Å². The summed E-state index contributed by atoms with van der Waals surface area (Å²) in [6.07, 6.45) is 0. The smallest absolute Gasteiger partial charge is 0.323 e. The molecule has 1 heterocycles. The third-order valence-corrected chi connectivity index (χ3v) is 5.54. The van der Waals surface area contributed by atoms with E-state index in [1.807, 2.05) is 48.5 Å². The van der Waals surface area contributed by atoms with Crippen molar-refractivity contribution in [3.63, 3.8) is 0 Å². The summed E-state index contributed by atoms with van der Waals surface area (Å²) in [4.78, 5) is 14.5. The maximum absolute atomic E-state index is 11.2. The molecule has 0 fully saturated rings. The van der Waals surface area contributed by atoms with Crippen LogP contribution in [0, 0.1) is 0 Å². The van der Waals surface area contributed by atoms with Crippen LogP contribution >= 0.6 is 35.6 Å². The van der Waals surface area contributed by atoms with Gasteiger partial charge in [-0.15, -0.1) is 11.8 Å². The van der Waals surface area contributed by atoms with E-state index in [1.165, 1.54) is 0 Å². The van der Waals surface area contributed by atoms with Crippen LogP contribution in [0.25, 0.3) is 0 Å². The Hall–Kier alpha value is -1.56. The fraction of sp³-hybridized carbons (Fsp3) is 0.125. The molecule has 1 N–H and O–H groups in total. The van der Waals surface area contributed by atoms with E-state index in [-0.39, 0.29) is 11.8 Å². The maximum Gasteiger partial charge on any atom is 0.323 e. The van der Waals surface area contributed by atoms with E-state index in [0.29, 0.717) is 10.0 Å². The molecule has 0 aliphatic carbocycles. The quantitative estimate of drug-likeness (QED) is 0.831. The second-order valence-corrected chi connectivity index (χ2v) is 6.84. The number of aliphatic carboxylic acids is 1. The van der Waals surface area contributed by atoms with Crippen LogP contribution in [0.15, 0.2) is 53.4 Å². The van der Waals surface area contributed by atoms with E-state index in [1.54, 1.807) is 16.7 Å². The van der Waals surface area contributed by atoms with Gasteiger partial charge in [-0.25, -0.2) is 0 Å². The lowest BCUT2D eigenvalue weighted by molar-refractivity contribution is -0.135. The van der Waals surface area contributed by atoms with Crippen LogP contribution in [0.3, 0.4) is 0 Å². The van der Waals surface area contributed by atoms with Crippen LogP contribution < -0.4 is 4.90 Å². The van der Waals surface area contributed by atoms with Crippen molar-refractivity contribution in [3.05, 3.63) is 59.1 Å². The minimum Gasteiger partial charge on any atom is -0.480 e. The van der Waals surface area contributed by atoms with Crippen molar-refractivity contribution in [2.75, 3.05) is 11.4 Å². The zero-order valence-electron chi connectivity index (χ0n) is 11.4. The molecule has 112 valence electrons. The third kappa shape index (κ3) is 2.97. The molecule has 1 atom stereocenters. The number of fused-ring (bicyclic) bond motifs is 1. The molecule has 0 saturated carbocycles. The standard InChI is InChI=1S/C16H12ClNO2S2/c17-11-7-5-10(6-8-11)15-16(21)18(9-14(19)20)12-3-1-2-4-13(12)22-15/h1-8,15H,9H2,(H,19,20). The van der Waals surface area contributed by atoms with Gasteiger partial charge in [-0.05, 0) is 29.8 Å². The van der Waals surface area contributed by atoms with Gasteiger partial charge in [0.05, 0.1) is 10.9 Å². The molecule has 6 heteroatoms. The lowest BCUT2D eigenvalue weighted by atomic mass is 10.1. The predicted molar refractivity (Wildman–Crippen MR) is 94.1 cm³/mol. The number of halogens is 1. The number of nitrogens with zero attached hydrogens (tertiary/aromatic N) is 1. The molecule has 1 unspecified atom stereocenters. The van der Waals surface area contributed by atoms with E-state index in [4.69, 9.17) is 23.8 Å². The van der Waals surface area contributed by atoms with Gasteiger partial charge in [0.15, 0.2) is 0 Å². The number of rotatable bonds is 3. The van der Waals surface area contributed by atoms with Crippen LogP contribution in [0.5, 0.6) is 0 Å². The summed E-state index contributed by atoms with van der Waals surface area (Å²) in [5.74, 6) is -0.904. The van der Waals surface area contributed by atoms with Crippen molar-refractivity contribution in [1.29, 1.82) is 0 Å². The summed E-state index contributed by atoms with van der Waals surface area (Å²) >= 11 is 13.1.